The van der Waals surface area contributed by atoms with Crippen molar-refractivity contribution in [2.24, 2.45) is 0 Å². The van der Waals surface area contributed by atoms with Crippen molar-refractivity contribution in [3.63, 3.8) is 0 Å². The average Bonchev–Trinajstić information content (AvgIpc) is 3.00. The lowest BCUT2D eigenvalue weighted by Gasteiger charge is -2.20. The summed E-state index contributed by atoms with van der Waals surface area (Å²) < 4.78 is 17.4. The summed E-state index contributed by atoms with van der Waals surface area (Å²) in [6.07, 6.45) is -0.419. The van der Waals surface area contributed by atoms with Gasteiger partial charge >= 0.3 is 11.8 Å². The first-order valence-electron chi connectivity index (χ1n) is 7.83. The molecule has 0 saturated carbocycles. The SMILES string of the molecule is CCOC(=O)OC(C)n1c(=O)c(C)cn([C@H]2CC[C@@H](CO)O2)c1=O. The third-order valence-electron chi connectivity index (χ3n) is 3.81. The van der Waals surface area contributed by atoms with E-state index in [1.807, 2.05) is 0 Å². The molecule has 1 saturated heterocycles. The molecule has 24 heavy (non-hydrogen) atoms. The van der Waals surface area contributed by atoms with Crippen LogP contribution in [0.4, 0.5) is 4.79 Å². The van der Waals surface area contributed by atoms with E-state index < -0.39 is 29.9 Å². The molecule has 1 aromatic heterocycles. The number of aromatic nitrogens is 2. The Labute approximate surface area is 138 Å². The smallest absolute Gasteiger partial charge is 0.435 e. The standard InChI is InChI=1S/C15H22N2O7/c1-4-22-15(21)23-10(3)17-13(19)9(2)7-16(14(17)20)12-6-5-11(8-18)24-12/h7,10-12,18H,4-6,8H2,1-3H3/t10?,11-,12+/m0/s1. The Hall–Kier alpha value is -2.13. The summed E-state index contributed by atoms with van der Waals surface area (Å²) in [6, 6.07) is 0. The van der Waals surface area contributed by atoms with Gasteiger partial charge in [0.2, 0.25) is 0 Å². The van der Waals surface area contributed by atoms with Crippen LogP contribution in [0.3, 0.4) is 0 Å². The van der Waals surface area contributed by atoms with Gasteiger partial charge in [-0.2, -0.15) is 0 Å². The minimum atomic E-state index is -1.12. The molecule has 9 nitrogen and oxygen atoms in total. The first kappa shape index (κ1) is 18.2. The van der Waals surface area contributed by atoms with Gasteiger partial charge in [-0.25, -0.2) is 14.2 Å². The van der Waals surface area contributed by atoms with Crippen LogP contribution in [0, 0.1) is 6.92 Å². The van der Waals surface area contributed by atoms with Crippen LogP contribution in [0.25, 0.3) is 0 Å². The van der Waals surface area contributed by atoms with E-state index in [2.05, 4.69) is 4.74 Å². The van der Waals surface area contributed by atoms with Crippen LogP contribution in [-0.4, -0.2) is 39.7 Å². The van der Waals surface area contributed by atoms with Gasteiger partial charge in [-0.05, 0) is 33.6 Å². The fourth-order valence-electron chi connectivity index (χ4n) is 2.62. The molecule has 134 valence electrons. The molecule has 0 radical (unpaired) electrons. The Morgan fingerprint density at radius 1 is 1.46 bits per heavy atom. The van der Waals surface area contributed by atoms with E-state index in [1.165, 1.54) is 17.7 Å². The number of aryl methyl sites for hydroxylation is 1. The maximum absolute atomic E-state index is 12.7. The van der Waals surface area contributed by atoms with Crippen LogP contribution in [0.5, 0.6) is 0 Å². The van der Waals surface area contributed by atoms with Gasteiger partial charge in [0.25, 0.3) is 5.56 Å². The lowest BCUT2D eigenvalue weighted by Crippen LogP contribution is -2.44. The van der Waals surface area contributed by atoms with Gasteiger partial charge in [-0.1, -0.05) is 0 Å². The van der Waals surface area contributed by atoms with Gasteiger partial charge in [0, 0.05) is 11.8 Å². The van der Waals surface area contributed by atoms with Gasteiger partial charge in [0.15, 0.2) is 6.23 Å². The largest absolute Gasteiger partial charge is 0.510 e. The summed E-state index contributed by atoms with van der Waals surface area (Å²) in [4.78, 5) is 36.4. The van der Waals surface area contributed by atoms with Crippen LogP contribution in [0.1, 0.15) is 44.7 Å². The highest BCUT2D eigenvalue weighted by Gasteiger charge is 2.29. The van der Waals surface area contributed by atoms with Crippen molar-refractivity contribution in [3.05, 3.63) is 32.6 Å². The molecule has 1 unspecified atom stereocenters. The third-order valence-corrected chi connectivity index (χ3v) is 3.81. The molecule has 1 fully saturated rings. The van der Waals surface area contributed by atoms with Gasteiger partial charge in [-0.3, -0.25) is 9.36 Å². The molecule has 2 heterocycles. The Morgan fingerprint density at radius 2 is 2.17 bits per heavy atom. The maximum atomic E-state index is 12.7. The van der Waals surface area contributed by atoms with Crippen molar-refractivity contribution in [3.8, 4) is 0 Å². The lowest BCUT2D eigenvalue weighted by atomic mass is 10.2. The first-order valence-corrected chi connectivity index (χ1v) is 7.83. The number of hydrogen-bond acceptors (Lipinski definition) is 7. The molecule has 0 amide bonds. The minimum Gasteiger partial charge on any atom is -0.435 e. The number of aliphatic hydroxyl groups excluding tert-OH is 1. The normalized spacial score (nSPS) is 21.5. The van der Waals surface area contributed by atoms with Crippen LogP contribution in [0.2, 0.25) is 0 Å². The van der Waals surface area contributed by atoms with E-state index in [4.69, 9.17) is 14.6 Å². The molecule has 2 rings (SSSR count). The maximum Gasteiger partial charge on any atom is 0.510 e. The predicted molar refractivity (Wildman–Crippen MR) is 82.7 cm³/mol. The number of rotatable bonds is 5. The van der Waals surface area contributed by atoms with Crippen LogP contribution < -0.4 is 11.2 Å². The molecule has 0 spiro atoms. The molecule has 0 bridgehead atoms. The first-order chi connectivity index (χ1) is 11.4. The monoisotopic (exact) mass is 342 g/mol. The zero-order chi connectivity index (χ0) is 17.9. The number of carbonyl (C=O) groups is 1. The molecule has 9 heteroatoms. The third kappa shape index (κ3) is 3.68. The van der Waals surface area contributed by atoms with Crippen LogP contribution in [0.15, 0.2) is 15.8 Å². The summed E-state index contributed by atoms with van der Waals surface area (Å²) in [5, 5.41) is 9.15. The summed E-state index contributed by atoms with van der Waals surface area (Å²) >= 11 is 0. The van der Waals surface area contributed by atoms with Gasteiger partial charge in [-0.15, -0.1) is 0 Å². The Kier molecular flexibility index (Phi) is 5.79. The van der Waals surface area contributed by atoms with E-state index in [0.717, 1.165) is 4.57 Å². The Balaban J connectivity index is 2.36. The van der Waals surface area contributed by atoms with Gasteiger partial charge in [0.05, 0.1) is 19.3 Å². The van der Waals surface area contributed by atoms with Crippen molar-refractivity contribution in [1.29, 1.82) is 0 Å². The minimum absolute atomic E-state index is 0.122. The zero-order valence-electron chi connectivity index (χ0n) is 13.9. The second kappa shape index (κ2) is 7.63. The molecule has 0 aromatic carbocycles. The van der Waals surface area contributed by atoms with E-state index in [1.54, 1.807) is 13.8 Å². The predicted octanol–water partition coefficient (Wildman–Crippen LogP) is 0.680. The van der Waals surface area contributed by atoms with E-state index in [-0.39, 0.29) is 19.3 Å². The van der Waals surface area contributed by atoms with Gasteiger partial charge < -0.3 is 19.3 Å². The summed E-state index contributed by atoms with van der Waals surface area (Å²) in [5.41, 5.74) is -0.888. The fourth-order valence-corrected chi connectivity index (χ4v) is 2.62. The van der Waals surface area contributed by atoms with Crippen LogP contribution in [-0.2, 0) is 14.2 Å². The zero-order valence-corrected chi connectivity index (χ0v) is 13.9. The molecule has 3 atom stereocenters. The van der Waals surface area contributed by atoms with Crippen molar-refractivity contribution in [2.45, 2.75) is 52.2 Å². The second-order valence-corrected chi connectivity index (χ2v) is 5.55. The highest BCUT2D eigenvalue weighted by molar-refractivity contribution is 5.59. The van der Waals surface area contributed by atoms with E-state index >= 15 is 0 Å². The Bertz CT molecular complexity index is 709. The summed E-state index contributed by atoms with van der Waals surface area (Å²) in [7, 11) is 0. The number of carbonyl (C=O) groups excluding carboxylic acids is 1. The van der Waals surface area contributed by atoms with E-state index in [0.29, 0.717) is 18.4 Å². The molecule has 1 aromatic rings. The molecule has 1 N–H and O–H groups in total. The highest BCUT2D eigenvalue weighted by Crippen LogP contribution is 2.26. The number of hydrogen-bond donors (Lipinski definition) is 1. The van der Waals surface area contributed by atoms with E-state index in [9.17, 15) is 14.4 Å². The molecular formula is C15H22N2O7. The molecule has 1 aliphatic rings. The fraction of sp³-hybridized carbons (Fsp3) is 0.667. The molecular weight excluding hydrogens is 320 g/mol. The van der Waals surface area contributed by atoms with Crippen LogP contribution >= 0.6 is 0 Å². The topological polar surface area (TPSA) is 109 Å². The molecule has 1 aliphatic heterocycles. The van der Waals surface area contributed by atoms with Gasteiger partial charge in [0.1, 0.15) is 6.23 Å². The number of ether oxygens (including phenoxy) is 3. The lowest BCUT2D eigenvalue weighted by molar-refractivity contribution is -0.0288. The van der Waals surface area contributed by atoms with Crippen molar-refractivity contribution in [1.82, 2.24) is 9.13 Å². The van der Waals surface area contributed by atoms with Crippen molar-refractivity contribution in [2.75, 3.05) is 13.2 Å². The highest BCUT2D eigenvalue weighted by atomic mass is 16.7. The molecule has 0 aliphatic carbocycles. The number of aliphatic hydroxyl groups is 1. The van der Waals surface area contributed by atoms with Crippen molar-refractivity contribution >= 4 is 6.16 Å². The average molecular weight is 342 g/mol. The summed E-state index contributed by atoms with van der Waals surface area (Å²) in [6.45, 7) is 4.58. The second-order valence-electron chi connectivity index (χ2n) is 5.55. The van der Waals surface area contributed by atoms with Crippen molar-refractivity contribution < 1.29 is 24.1 Å². The summed E-state index contributed by atoms with van der Waals surface area (Å²) in [5.74, 6) is 0. The Morgan fingerprint density at radius 3 is 2.75 bits per heavy atom. The number of nitrogens with zero attached hydrogens (tertiary/aromatic N) is 2. The quantitative estimate of drug-likeness (QED) is 0.784.